The van der Waals surface area contributed by atoms with Gasteiger partial charge in [-0.1, -0.05) is 0 Å². The van der Waals surface area contributed by atoms with Gasteiger partial charge in [0, 0.05) is 37.2 Å². The second kappa shape index (κ2) is 8.55. The number of ether oxygens (including phenoxy) is 1. The number of anilines is 1. The summed E-state index contributed by atoms with van der Waals surface area (Å²) in [6.45, 7) is 1.32. The molecule has 5 rings (SSSR count). The van der Waals surface area contributed by atoms with E-state index in [-0.39, 0.29) is 22.0 Å². The van der Waals surface area contributed by atoms with Crippen LogP contribution >= 0.6 is 0 Å². The second-order valence-electron chi connectivity index (χ2n) is 8.29. The number of nitrogens with one attached hydrogen (secondary N) is 1. The van der Waals surface area contributed by atoms with Crippen molar-refractivity contribution in [3.05, 3.63) is 37.2 Å². The Hall–Kier alpha value is -2.92. The number of aromatic nitrogens is 5. The first-order chi connectivity index (χ1) is 15.5. The van der Waals surface area contributed by atoms with Crippen molar-refractivity contribution >= 4 is 32.5 Å². The van der Waals surface area contributed by atoms with Gasteiger partial charge in [-0.05, 0) is 38.0 Å². The van der Waals surface area contributed by atoms with Gasteiger partial charge in [0.1, 0.15) is 6.04 Å². The highest BCUT2D eigenvalue weighted by molar-refractivity contribution is 7.92. The number of carbonyl (C=O) groups is 1. The minimum Gasteiger partial charge on any atom is -0.381 e. The van der Waals surface area contributed by atoms with E-state index < -0.39 is 15.9 Å². The van der Waals surface area contributed by atoms with Crippen LogP contribution in [0.2, 0.25) is 0 Å². The number of rotatable bonds is 7. The lowest BCUT2D eigenvalue weighted by atomic mass is 9.92. The predicted molar refractivity (Wildman–Crippen MR) is 116 cm³/mol. The van der Waals surface area contributed by atoms with Crippen LogP contribution < -0.4 is 5.32 Å². The van der Waals surface area contributed by atoms with Crippen LogP contribution in [0.5, 0.6) is 0 Å². The van der Waals surface area contributed by atoms with E-state index in [0.29, 0.717) is 49.2 Å². The Bertz CT molecular complexity index is 1220. The van der Waals surface area contributed by atoms with Crippen molar-refractivity contribution in [2.75, 3.05) is 18.5 Å². The van der Waals surface area contributed by atoms with Crippen molar-refractivity contribution in [1.82, 2.24) is 24.7 Å². The summed E-state index contributed by atoms with van der Waals surface area (Å²) >= 11 is 0. The largest absolute Gasteiger partial charge is 0.381 e. The fourth-order valence-corrected chi connectivity index (χ4v) is 5.94. The molecule has 168 valence electrons. The Morgan fingerprint density at radius 1 is 1.09 bits per heavy atom. The topological polar surface area (TPSA) is 129 Å². The number of amides is 1. The van der Waals surface area contributed by atoms with Gasteiger partial charge in [0.25, 0.3) is 0 Å². The molecule has 0 radical (unpaired) electrons. The fraction of sp³-hybridized carbons (Fsp3) is 0.476. The number of carbonyl (C=O) groups excluding carboxylic acids is 1. The highest BCUT2D eigenvalue weighted by atomic mass is 32.2. The smallest absolute Gasteiger partial charge is 0.250 e. The maximum absolute atomic E-state index is 13.3. The third kappa shape index (κ3) is 4.09. The van der Waals surface area contributed by atoms with Gasteiger partial charge >= 0.3 is 0 Å². The lowest BCUT2D eigenvalue weighted by Crippen LogP contribution is -2.30. The van der Waals surface area contributed by atoms with Crippen LogP contribution in [0, 0.1) is 5.92 Å². The summed E-state index contributed by atoms with van der Waals surface area (Å²) in [7, 11) is -3.45. The Kier molecular flexibility index (Phi) is 5.60. The van der Waals surface area contributed by atoms with Gasteiger partial charge in [0.2, 0.25) is 5.91 Å². The van der Waals surface area contributed by atoms with Crippen LogP contribution in [0.4, 0.5) is 5.82 Å². The van der Waals surface area contributed by atoms with Crippen molar-refractivity contribution in [1.29, 1.82) is 0 Å². The maximum atomic E-state index is 13.3. The quantitative estimate of drug-likeness (QED) is 0.573. The Morgan fingerprint density at radius 2 is 1.91 bits per heavy atom. The van der Waals surface area contributed by atoms with E-state index in [4.69, 9.17) is 4.74 Å². The second-order valence-corrected chi connectivity index (χ2v) is 10.5. The zero-order valence-corrected chi connectivity index (χ0v) is 18.2. The highest BCUT2D eigenvalue weighted by Crippen LogP contribution is 2.37. The van der Waals surface area contributed by atoms with Crippen LogP contribution in [0.15, 0.2) is 42.1 Å². The molecule has 32 heavy (non-hydrogen) atoms. The van der Waals surface area contributed by atoms with Crippen molar-refractivity contribution < 1.29 is 17.9 Å². The first-order valence-electron chi connectivity index (χ1n) is 10.7. The summed E-state index contributed by atoms with van der Waals surface area (Å²) in [4.78, 5) is 25.8. The molecule has 0 aromatic carbocycles. The molecule has 1 aliphatic carbocycles. The minimum atomic E-state index is -3.45. The minimum absolute atomic E-state index is 0.183. The summed E-state index contributed by atoms with van der Waals surface area (Å²) in [6.07, 6.45) is 12.6. The van der Waals surface area contributed by atoms with E-state index in [9.17, 15) is 13.2 Å². The maximum Gasteiger partial charge on any atom is 0.250 e. The first kappa shape index (κ1) is 21.0. The molecule has 2 aliphatic rings. The average Bonchev–Trinajstić information content (AvgIpc) is 3.59. The number of hydrogen-bond donors (Lipinski definition) is 1. The zero-order valence-electron chi connectivity index (χ0n) is 17.4. The molecule has 10 nitrogen and oxygen atoms in total. The highest BCUT2D eigenvalue weighted by Gasteiger charge is 2.39. The van der Waals surface area contributed by atoms with E-state index in [2.05, 4.69) is 25.4 Å². The van der Waals surface area contributed by atoms with Crippen molar-refractivity contribution in [3.63, 3.8) is 0 Å². The van der Waals surface area contributed by atoms with Crippen LogP contribution in [0.1, 0.15) is 38.1 Å². The third-order valence-electron chi connectivity index (χ3n) is 6.07. The molecule has 1 aliphatic heterocycles. The molecular formula is C21H24N6O4S. The summed E-state index contributed by atoms with van der Waals surface area (Å²) in [5.74, 6) is 0.352. The molecule has 0 bridgehead atoms. The number of sulfone groups is 1. The van der Waals surface area contributed by atoms with Gasteiger partial charge in [0.05, 0.1) is 34.3 Å². The SMILES string of the molecule is O=C(Nc1cnccn1)[C@H](CC1CCOCC1)n1ncc2c(S(=O)(=O)C3CC3)cncc21. The van der Waals surface area contributed by atoms with Gasteiger partial charge in [0.15, 0.2) is 15.7 Å². The molecule has 1 saturated heterocycles. The molecule has 0 spiro atoms. The standard InChI is InChI=1S/C21H24N6O4S/c28-21(26-20-13-22-5-6-24-20)17(9-14-3-7-31-8-4-14)27-18-11-23-12-19(16(18)10-25-27)32(29,30)15-1-2-15/h5-6,10-15,17H,1-4,7-9H2,(H,24,26,28)/t17-/m0/s1. The fourth-order valence-electron chi connectivity index (χ4n) is 4.16. The Morgan fingerprint density at radius 3 is 2.62 bits per heavy atom. The predicted octanol–water partition coefficient (Wildman–Crippen LogP) is 2.15. The van der Waals surface area contributed by atoms with E-state index in [1.165, 1.54) is 31.0 Å². The summed E-state index contributed by atoms with van der Waals surface area (Å²) < 4.78 is 32.8. The zero-order chi connectivity index (χ0) is 22.1. The normalized spacial score (nSPS) is 18.5. The van der Waals surface area contributed by atoms with Crippen molar-refractivity contribution in [2.24, 2.45) is 5.92 Å². The average molecular weight is 457 g/mol. The van der Waals surface area contributed by atoms with E-state index >= 15 is 0 Å². The first-order valence-corrected chi connectivity index (χ1v) is 12.3. The molecule has 1 saturated carbocycles. The monoisotopic (exact) mass is 456 g/mol. The lowest BCUT2D eigenvalue weighted by molar-refractivity contribution is -0.120. The molecule has 2 fully saturated rings. The van der Waals surface area contributed by atoms with Gasteiger partial charge in [-0.25, -0.2) is 13.4 Å². The van der Waals surface area contributed by atoms with Gasteiger partial charge < -0.3 is 10.1 Å². The van der Waals surface area contributed by atoms with Crippen LogP contribution in [0.3, 0.4) is 0 Å². The number of hydrogen-bond acceptors (Lipinski definition) is 8. The Balaban J connectivity index is 1.52. The van der Waals surface area contributed by atoms with Crippen molar-refractivity contribution in [2.45, 2.75) is 48.3 Å². The molecule has 3 aromatic rings. The Labute approximate surface area is 185 Å². The molecule has 1 amide bonds. The number of pyridine rings is 1. The van der Waals surface area contributed by atoms with E-state index in [0.717, 1.165) is 12.8 Å². The molecule has 4 heterocycles. The third-order valence-corrected chi connectivity index (χ3v) is 8.36. The summed E-state index contributed by atoms with van der Waals surface area (Å²) in [5, 5.41) is 7.42. The summed E-state index contributed by atoms with van der Waals surface area (Å²) in [5.41, 5.74) is 0.526. The number of fused-ring (bicyclic) bond motifs is 1. The van der Waals surface area contributed by atoms with E-state index in [1.807, 2.05) is 0 Å². The summed E-state index contributed by atoms with van der Waals surface area (Å²) in [6, 6.07) is -0.654. The molecule has 0 unspecified atom stereocenters. The van der Waals surface area contributed by atoms with Crippen LogP contribution in [-0.4, -0.2) is 57.5 Å². The van der Waals surface area contributed by atoms with Crippen LogP contribution in [0.25, 0.3) is 10.9 Å². The molecule has 1 N–H and O–H groups in total. The van der Waals surface area contributed by atoms with E-state index in [1.54, 1.807) is 10.9 Å². The van der Waals surface area contributed by atoms with Crippen LogP contribution in [-0.2, 0) is 19.4 Å². The van der Waals surface area contributed by atoms with Crippen molar-refractivity contribution in [3.8, 4) is 0 Å². The lowest BCUT2D eigenvalue weighted by Gasteiger charge is -2.26. The molecule has 1 atom stereocenters. The van der Waals surface area contributed by atoms with Gasteiger partial charge in [-0.15, -0.1) is 0 Å². The van der Waals surface area contributed by atoms with Gasteiger partial charge in [-0.3, -0.25) is 19.4 Å². The molecular weight excluding hydrogens is 432 g/mol. The number of nitrogens with zero attached hydrogens (tertiary/aromatic N) is 5. The molecule has 11 heteroatoms. The molecule has 3 aromatic heterocycles. The van der Waals surface area contributed by atoms with Gasteiger partial charge in [-0.2, -0.15) is 5.10 Å².